The molecule has 0 aliphatic rings. The molecule has 0 radical (unpaired) electrons. The van der Waals surface area contributed by atoms with Gasteiger partial charge in [0.15, 0.2) is 8.07 Å². The molecule has 6 nitrogen and oxygen atoms in total. The summed E-state index contributed by atoms with van der Waals surface area (Å²) in [6.07, 6.45) is 3.34. The largest absolute Gasteiger partial charge is 2.00 e. The molecule has 4 aromatic heterocycles. The number of aromatic nitrogens is 6. The third-order valence-electron chi connectivity index (χ3n) is 4.78. The SMILES string of the molecule is Cn1nc[c-]c1-c1cccc([Si](C)(C)c2cccc(-c3[c-]cnn3C)n2)n1.[Pt+2]. The van der Waals surface area contributed by atoms with E-state index in [9.17, 15) is 0 Å². The van der Waals surface area contributed by atoms with Crippen molar-refractivity contribution < 1.29 is 21.1 Å². The first-order valence-corrected chi connectivity index (χ1v) is 11.7. The average molecular weight is 568 g/mol. The normalized spacial score (nSPS) is 11.3. The van der Waals surface area contributed by atoms with Gasteiger partial charge in [0.2, 0.25) is 0 Å². The van der Waals surface area contributed by atoms with Crippen molar-refractivity contribution in [2.24, 2.45) is 14.1 Å². The summed E-state index contributed by atoms with van der Waals surface area (Å²) >= 11 is 0. The summed E-state index contributed by atoms with van der Waals surface area (Å²) < 4.78 is 3.58. The quantitative estimate of drug-likeness (QED) is 0.278. The topological polar surface area (TPSA) is 61.4 Å². The maximum Gasteiger partial charge on any atom is 2.00 e. The standard InChI is InChI=1S/C20H20N6Si.Pt/c1-25-17(11-13-21-25)15-7-5-9-19(23-15)27(3,4)20-10-6-8-16(24-20)18-12-14-22-26(18)2;/h5-10,13-14H,1-4H3;/q-2;+2. The van der Waals surface area contributed by atoms with Crippen LogP contribution in [0.1, 0.15) is 0 Å². The smallest absolute Gasteiger partial charge is 0.350 e. The van der Waals surface area contributed by atoms with Crippen LogP contribution < -0.4 is 10.6 Å². The number of pyridine rings is 2. The fraction of sp³-hybridized carbons (Fsp3) is 0.200. The van der Waals surface area contributed by atoms with Gasteiger partial charge in [-0.15, -0.1) is 12.1 Å². The van der Waals surface area contributed by atoms with Crippen LogP contribution in [0.25, 0.3) is 22.8 Å². The Morgan fingerprint density at radius 1 is 0.750 bits per heavy atom. The van der Waals surface area contributed by atoms with Crippen molar-refractivity contribution in [1.29, 1.82) is 0 Å². The van der Waals surface area contributed by atoms with Crippen LogP contribution in [-0.4, -0.2) is 37.6 Å². The van der Waals surface area contributed by atoms with Crippen molar-refractivity contribution >= 4 is 18.7 Å². The number of nitrogens with zero attached hydrogens (tertiary/aromatic N) is 6. The molecule has 0 aromatic carbocycles. The van der Waals surface area contributed by atoms with Crippen LogP contribution in [0.15, 0.2) is 48.8 Å². The second-order valence-electron chi connectivity index (χ2n) is 6.96. The number of aryl methyl sites for hydroxylation is 2. The summed E-state index contributed by atoms with van der Waals surface area (Å²) in [6.45, 7) is 4.54. The van der Waals surface area contributed by atoms with Crippen LogP contribution >= 0.6 is 0 Å². The van der Waals surface area contributed by atoms with E-state index >= 15 is 0 Å². The van der Waals surface area contributed by atoms with E-state index in [4.69, 9.17) is 9.97 Å². The Morgan fingerprint density at radius 3 is 1.54 bits per heavy atom. The van der Waals surface area contributed by atoms with E-state index in [1.54, 1.807) is 21.8 Å². The van der Waals surface area contributed by atoms with Crippen molar-refractivity contribution in [3.05, 3.63) is 60.9 Å². The van der Waals surface area contributed by atoms with Crippen molar-refractivity contribution in [3.8, 4) is 22.8 Å². The molecule has 4 heterocycles. The van der Waals surface area contributed by atoms with Crippen LogP contribution in [0.5, 0.6) is 0 Å². The van der Waals surface area contributed by atoms with Gasteiger partial charge in [0.1, 0.15) is 0 Å². The van der Waals surface area contributed by atoms with Gasteiger partial charge in [-0.05, 0) is 24.5 Å². The predicted molar refractivity (Wildman–Crippen MR) is 107 cm³/mol. The van der Waals surface area contributed by atoms with Gasteiger partial charge in [-0.3, -0.25) is 0 Å². The first kappa shape index (κ1) is 20.4. The van der Waals surface area contributed by atoms with Gasteiger partial charge in [-0.1, -0.05) is 48.0 Å². The number of hydrogen-bond donors (Lipinski definition) is 0. The molecular weight excluding hydrogens is 547 g/mol. The maximum atomic E-state index is 4.94. The second-order valence-corrected chi connectivity index (χ2v) is 11.2. The zero-order chi connectivity index (χ0) is 19.0. The molecule has 0 atom stereocenters. The first-order valence-electron chi connectivity index (χ1n) is 8.72. The Balaban J connectivity index is 0.00000225. The molecule has 0 amide bonds. The van der Waals surface area contributed by atoms with Gasteiger partial charge in [0, 0.05) is 24.7 Å². The fourth-order valence-electron chi connectivity index (χ4n) is 3.10. The van der Waals surface area contributed by atoms with Crippen molar-refractivity contribution in [1.82, 2.24) is 29.5 Å². The third kappa shape index (κ3) is 3.64. The molecule has 0 saturated heterocycles. The van der Waals surface area contributed by atoms with Gasteiger partial charge < -0.3 is 19.3 Å². The minimum absolute atomic E-state index is 0. The van der Waals surface area contributed by atoms with Crippen LogP contribution in [0.2, 0.25) is 13.1 Å². The first-order chi connectivity index (χ1) is 13.0. The molecule has 0 fully saturated rings. The molecule has 0 bridgehead atoms. The summed E-state index contributed by atoms with van der Waals surface area (Å²) in [7, 11) is 1.71. The molecule has 28 heavy (non-hydrogen) atoms. The number of rotatable bonds is 4. The van der Waals surface area contributed by atoms with Gasteiger partial charge in [-0.2, -0.15) is 0 Å². The summed E-state index contributed by atoms with van der Waals surface area (Å²) in [5.74, 6) is 0. The molecule has 0 spiro atoms. The third-order valence-corrected chi connectivity index (χ3v) is 7.89. The Bertz CT molecular complexity index is 1020. The minimum Gasteiger partial charge on any atom is -0.350 e. The summed E-state index contributed by atoms with van der Waals surface area (Å²) in [4.78, 5) is 9.88. The molecule has 4 rings (SSSR count). The molecule has 0 saturated carbocycles. The van der Waals surface area contributed by atoms with Crippen molar-refractivity contribution in [3.63, 3.8) is 0 Å². The van der Waals surface area contributed by atoms with E-state index in [0.717, 1.165) is 33.4 Å². The minimum atomic E-state index is -2.09. The van der Waals surface area contributed by atoms with Gasteiger partial charge in [0.25, 0.3) is 0 Å². The van der Waals surface area contributed by atoms with Crippen LogP contribution in [0.4, 0.5) is 0 Å². The van der Waals surface area contributed by atoms with Crippen LogP contribution in [0, 0.1) is 12.1 Å². The van der Waals surface area contributed by atoms with E-state index in [1.165, 1.54) is 0 Å². The molecule has 0 aliphatic heterocycles. The second kappa shape index (κ2) is 7.93. The van der Waals surface area contributed by atoms with Gasteiger partial charge in [0.05, 0.1) is 0 Å². The van der Waals surface area contributed by atoms with Gasteiger partial charge >= 0.3 is 21.1 Å². The Morgan fingerprint density at radius 2 is 1.18 bits per heavy atom. The zero-order valence-corrected chi connectivity index (χ0v) is 19.4. The van der Waals surface area contributed by atoms with Crippen molar-refractivity contribution in [2.75, 3.05) is 0 Å². The Labute approximate surface area is 179 Å². The average Bonchev–Trinajstić information content (AvgIpc) is 3.30. The molecule has 8 heteroatoms. The predicted octanol–water partition coefficient (Wildman–Crippen LogP) is 1.70. The van der Waals surface area contributed by atoms with Crippen LogP contribution in [0.3, 0.4) is 0 Å². The molecular formula is C20H20N6PtSi. The molecule has 0 unspecified atom stereocenters. The van der Waals surface area contributed by atoms with Crippen molar-refractivity contribution in [2.45, 2.75) is 13.1 Å². The zero-order valence-electron chi connectivity index (χ0n) is 16.1. The Hall–Kier alpha value is -2.37. The monoisotopic (exact) mass is 567 g/mol. The fourth-order valence-corrected chi connectivity index (χ4v) is 5.18. The van der Waals surface area contributed by atoms with E-state index in [-0.39, 0.29) is 21.1 Å². The van der Waals surface area contributed by atoms with E-state index in [2.05, 4.69) is 47.6 Å². The molecule has 144 valence electrons. The van der Waals surface area contributed by atoms with Gasteiger partial charge in [-0.25, -0.2) is 22.3 Å². The van der Waals surface area contributed by atoms with E-state index in [0.29, 0.717) is 0 Å². The Kier molecular flexibility index (Phi) is 5.77. The summed E-state index contributed by atoms with van der Waals surface area (Å²) in [5.41, 5.74) is 3.52. The van der Waals surface area contributed by atoms with E-state index in [1.807, 2.05) is 38.4 Å². The van der Waals surface area contributed by atoms with Crippen LogP contribution in [-0.2, 0) is 35.2 Å². The summed E-state index contributed by atoms with van der Waals surface area (Å²) in [5, 5.41) is 10.6. The molecule has 4 aromatic rings. The molecule has 0 N–H and O–H groups in total. The summed E-state index contributed by atoms with van der Waals surface area (Å²) in [6, 6.07) is 18.6. The maximum absolute atomic E-state index is 4.94. The molecule has 0 aliphatic carbocycles. The number of hydrogen-bond acceptors (Lipinski definition) is 4. The van der Waals surface area contributed by atoms with E-state index < -0.39 is 8.07 Å².